The van der Waals surface area contributed by atoms with Crippen molar-refractivity contribution in [2.75, 3.05) is 0 Å². The summed E-state index contributed by atoms with van der Waals surface area (Å²) in [7, 11) is 0. The average molecular weight is 667 g/mol. The summed E-state index contributed by atoms with van der Waals surface area (Å²) in [5, 5.41) is 1.41. The molecule has 0 bridgehead atoms. The van der Waals surface area contributed by atoms with Crippen molar-refractivity contribution in [1.29, 1.82) is 0 Å². The van der Waals surface area contributed by atoms with Gasteiger partial charge in [0.2, 0.25) is 0 Å². The maximum absolute atomic E-state index is 9.27. The van der Waals surface area contributed by atoms with Crippen LogP contribution in [0.5, 0.6) is 0 Å². The first-order valence-electron chi connectivity index (χ1n) is 20.9. The van der Waals surface area contributed by atoms with E-state index in [1.165, 1.54) is 29.5 Å². The summed E-state index contributed by atoms with van der Waals surface area (Å²) < 4.78 is 91.8. The quantitative estimate of drug-likeness (QED) is 0.184. The maximum Gasteiger partial charge on any atom is 0.166 e. The van der Waals surface area contributed by atoms with Gasteiger partial charge in [0, 0.05) is 47.6 Å². The molecule has 0 amide bonds. The zero-order valence-electron chi connectivity index (χ0n) is 36.1. The number of thiophene rings is 1. The van der Waals surface area contributed by atoms with E-state index in [0.717, 1.165) is 11.1 Å². The predicted molar refractivity (Wildman–Crippen MR) is 209 cm³/mol. The highest BCUT2D eigenvalue weighted by Crippen LogP contribution is 2.42. The van der Waals surface area contributed by atoms with Gasteiger partial charge in [0.25, 0.3) is 0 Å². The molecule has 3 aromatic heterocycles. The van der Waals surface area contributed by atoms with Crippen LogP contribution in [0.1, 0.15) is 13.7 Å². The molecule has 3 heterocycles. The molecule has 0 spiro atoms. The Kier molecular flexibility index (Phi) is 4.69. The molecule has 0 fully saturated rings. The second kappa shape index (κ2) is 11.6. The first-order valence-corrected chi connectivity index (χ1v) is 16.7. The van der Waals surface area contributed by atoms with Crippen LogP contribution >= 0.6 is 11.3 Å². The Bertz CT molecular complexity index is 3310. The minimum absolute atomic E-state index is 0.0652. The van der Waals surface area contributed by atoms with Crippen molar-refractivity contribution in [3.05, 3.63) is 170 Å². The van der Waals surface area contributed by atoms with Gasteiger partial charge in [0.1, 0.15) is 0 Å². The predicted octanol–water partition coefficient (Wildman–Crippen LogP) is 12.0. The number of aromatic nitrogens is 4. The van der Waals surface area contributed by atoms with Gasteiger partial charge in [-0.1, -0.05) is 139 Å². The Balaban J connectivity index is 1.38. The molecule has 7 aromatic carbocycles. The third kappa shape index (κ3) is 4.63. The molecule has 10 aromatic rings. The molecule has 0 N–H and O–H groups in total. The van der Waals surface area contributed by atoms with Crippen LogP contribution < -0.4 is 0 Å². The summed E-state index contributed by atoms with van der Waals surface area (Å²) in [4.78, 5) is 14.9. The van der Waals surface area contributed by atoms with Gasteiger partial charge >= 0.3 is 0 Å². The highest BCUT2D eigenvalue weighted by molar-refractivity contribution is 7.26. The lowest BCUT2D eigenvalue weighted by Gasteiger charge is -2.16. The SMILES string of the molecule is [2H]c1cc([2H])c2sc3c(-c4ccc(-c5nc(-c6ccccc6)nc(-c6ccccc6)n5)c(-n5c6c([2H])cc([2H])c([2H])c6c6c([2H])c([2H])cc([2H])c65)c4)c([2H])c([2H])cc3c2c1. The van der Waals surface area contributed by atoms with Gasteiger partial charge in [0.05, 0.1) is 30.4 Å². The molecule has 234 valence electrons. The van der Waals surface area contributed by atoms with Crippen molar-refractivity contribution < 1.29 is 13.7 Å². The molecule has 0 aliphatic rings. The van der Waals surface area contributed by atoms with Gasteiger partial charge in [-0.25, -0.2) is 15.0 Å². The Morgan fingerprint density at radius 3 is 1.76 bits per heavy atom. The molecule has 0 saturated heterocycles. The van der Waals surface area contributed by atoms with Crippen LogP contribution in [0.2, 0.25) is 0 Å². The van der Waals surface area contributed by atoms with E-state index in [0.29, 0.717) is 54.2 Å². The molecule has 0 saturated carbocycles. The third-order valence-electron chi connectivity index (χ3n) is 8.73. The molecular formula is C45H28N4S. The molecule has 0 atom stereocenters. The Morgan fingerprint density at radius 2 is 1.08 bits per heavy atom. The Hall–Kier alpha value is -6.43. The zero-order valence-corrected chi connectivity index (χ0v) is 26.9. The lowest BCUT2D eigenvalue weighted by atomic mass is 9.99. The van der Waals surface area contributed by atoms with E-state index in [9.17, 15) is 4.11 Å². The first kappa shape index (κ1) is 20.2. The maximum atomic E-state index is 9.27. The summed E-state index contributed by atoms with van der Waals surface area (Å²) in [6, 6.07) is 30.2. The molecule has 50 heavy (non-hydrogen) atoms. The van der Waals surface area contributed by atoms with Gasteiger partial charge < -0.3 is 4.57 Å². The van der Waals surface area contributed by atoms with E-state index >= 15 is 0 Å². The fraction of sp³-hybridized carbons (Fsp3) is 0. The first-order chi connectivity index (χ1) is 28.9. The summed E-state index contributed by atoms with van der Waals surface area (Å²) in [6.07, 6.45) is 0. The van der Waals surface area contributed by atoms with E-state index in [2.05, 4.69) is 0 Å². The molecule has 4 nitrogen and oxygen atoms in total. The molecule has 5 heteroatoms. The third-order valence-corrected chi connectivity index (χ3v) is 9.90. The smallest absolute Gasteiger partial charge is 0.166 e. The number of fused-ring (bicyclic) bond motifs is 6. The average Bonchev–Trinajstić information content (AvgIpc) is 3.80. The van der Waals surface area contributed by atoms with E-state index < -0.39 is 0 Å². The zero-order chi connectivity index (χ0) is 41.7. The topological polar surface area (TPSA) is 43.6 Å². The van der Waals surface area contributed by atoms with Crippen molar-refractivity contribution in [3.63, 3.8) is 0 Å². The minimum Gasteiger partial charge on any atom is -0.308 e. The van der Waals surface area contributed by atoms with Crippen LogP contribution in [0.4, 0.5) is 0 Å². The number of rotatable bonds is 5. The number of para-hydroxylation sites is 2. The molecule has 0 radical (unpaired) electrons. The van der Waals surface area contributed by atoms with Crippen LogP contribution in [0, 0.1) is 0 Å². The Labute approximate surface area is 306 Å². The lowest BCUT2D eigenvalue weighted by molar-refractivity contribution is 1.06. The Morgan fingerprint density at radius 1 is 0.460 bits per heavy atom. The minimum atomic E-state index is -0.263. The summed E-state index contributed by atoms with van der Waals surface area (Å²) in [5.41, 5.74) is 3.30. The standard InChI is InChI=1S/C45H28N4S/c1-3-14-29(15-4-1)43-46-44(30-16-5-2-6-17-30)48-45(47-43)37-27-26-31(32-21-13-22-36-35-20-9-12-25-41(35)50-42(32)36)28-40(37)49-38-23-10-7-18-33(38)34-19-8-11-24-39(34)49/h1-28H/i7D,8D,9D,13D,18D,19D,21D,23D,24D,25D. The van der Waals surface area contributed by atoms with Crippen molar-refractivity contribution in [2.24, 2.45) is 0 Å². The van der Waals surface area contributed by atoms with Crippen molar-refractivity contribution in [3.8, 4) is 51.0 Å². The van der Waals surface area contributed by atoms with Crippen molar-refractivity contribution in [1.82, 2.24) is 19.5 Å². The largest absolute Gasteiger partial charge is 0.308 e. The van der Waals surface area contributed by atoms with Crippen molar-refractivity contribution >= 4 is 53.3 Å². The normalized spacial score (nSPS) is 14.4. The molecule has 10 rings (SSSR count). The molecule has 0 aliphatic carbocycles. The molecule has 0 aliphatic heterocycles. The van der Waals surface area contributed by atoms with Gasteiger partial charge in [-0.15, -0.1) is 11.3 Å². The van der Waals surface area contributed by atoms with Crippen LogP contribution in [0.3, 0.4) is 0 Å². The second-order valence-electron chi connectivity index (χ2n) is 11.6. The number of hydrogen-bond acceptors (Lipinski definition) is 4. The van der Waals surface area contributed by atoms with Crippen LogP contribution in [0.25, 0.3) is 93.0 Å². The second-order valence-corrected chi connectivity index (χ2v) is 12.7. The van der Waals surface area contributed by atoms with Gasteiger partial charge in [-0.05, 0) is 41.4 Å². The number of hydrogen-bond donors (Lipinski definition) is 0. The van der Waals surface area contributed by atoms with E-state index in [1.807, 2.05) is 60.7 Å². The lowest BCUT2D eigenvalue weighted by Crippen LogP contribution is -2.04. The van der Waals surface area contributed by atoms with E-state index in [1.54, 1.807) is 34.9 Å². The van der Waals surface area contributed by atoms with E-state index in [4.69, 9.17) is 24.5 Å². The fourth-order valence-electron chi connectivity index (χ4n) is 6.45. The van der Waals surface area contributed by atoms with Crippen molar-refractivity contribution in [2.45, 2.75) is 0 Å². The van der Waals surface area contributed by atoms with Crippen LogP contribution in [-0.2, 0) is 0 Å². The fourth-order valence-corrected chi connectivity index (χ4v) is 7.61. The van der Waals surface area contributed by atoms with Gasteiger partial charge in [-0.2, -0.15) is 0 Å². The van der Waals surface area contributed by atoms with Gasteiger partial charge in [0.15, 0.2) is 17.5 Å². The monoisotopic (exact) mass is 666 g/mol. The van der Waals surface area contributed by atoms with Crippen LogP contribution in [-0.4, -0.2) is 19.5 Å². The van der Waals surface area contributed by atoms with E-state index in [-0.39, 0.29) is 88.1 Å². The molecule has 0 unspecified atom stereocenters. The molecular weight excluding hydrogens is 629 g/mol. The highest BCUT2D eigenvalue weighted by atomic mass is 32.1. The number of nitrogens with zero attached hydrogens (tertiary/aromatic N) is 4. The highest BCUT2D eigenvalue weighted by Gasteiger charge is 2.21. The van der Waals surface area contributed by atoms with Gasteiger partial charge in [-0.3, -0.25) is 0 Å². The van der Waals surface area contributed by atoms with Crippen LogP contribution in [0.15, 0.2) is 170 Å². The summed E-state index contributed by atoms with van der Waals surface area (Å²) in [5.74, 6) is 0.972. The summed E-state index contributed by atoms with van der Waals surface area (Å²) >= 11 is 1.30. The summed E-state index contributed by atoms with van der Waals surface area (Å²) in [6.45, 7) is 0. The number of benzene rings is 7.